The first-order chi connectivity index (χ1) is 12.7. The largest absolute Gasteiger partial charge is 0.461 e. The Morgan fingerprint density at radius 3 is 2.31 bits per heavy atom. The van der Waals surface area contributed by atoms with Crippen LogP contribution in [0.2, 0.25) is 0 Å². The van der Waals surface area contributed by atoms with Crippen LogP contribution in [0.3, 0.4) is 0 Å². The van der Waals surface area contributed by atoms with E-state index in [1.54, 1.807) is 19.1 Å². The van der Waals surface area contributed by atoms with E-state index < -0.39 is 5.97 Å². The van der Waals surface area contributed by atoms with Crippen LogP contribution < -0.4 is 0 Å². The predicted octanol–water partition coefficient (Wildman–Crippen LogP) is 4.66. The van der Waals surface area contributed by atoms with E-state index >= 15 is 0 Å². The molecule has 26 heavy (non-hydrogen) atoms. The summed E-state index contributed by atoms with van der Waals surface area (Å²) in [5.41, 5.74) is 1.45. The van der Waals surface area contributed by atoms with Crippen LogP contribution in [-0.2, 0) is 4.74 Å². The Labute approximate surface area is 150 Å². The van der Waals surface area contributed by atoms with E-state index in [0.717, 1.165) is 16.2 Å². The van der Waals surface area contributed by atoms with Gasteiger partial charge in [0.2, 0.25) is 0 Å². The molecule has 0 saturated heterocycles. The summed E-state index contributed by atoms with van der Waals surface area (Å²) in [4.78, 5) is 25.6. The third kappa shape index (κ3) is 2.65. The zero-order chi connectivity index (χ0) is 18.1. The number of hydrogen-bond acceptors (Lipinski definition) is 3. The molecule has 0 amide bonds. The Hall–Kier alpha value is -3.40. The Kier molecular flexibility index (Phi) is 4.01. The lowest BCUT2D eigenvalue weighted by Crippen LogP contribution is -2.19. The second-order valence-electron chi connectivity index (χ2n) is 6.01. The van der Waals surface area contributed by atoms with Gasteiger partial charge in [-0.05, 0) is 42.0 Å². The van der Waals surface area contributed by atoms with Crippen LogP contribution in [0.25, 0.3) is 21.7 Å². The lowest BCUT2D eigenvalue weighted by Gasteiger charge is -2.10. The fourth-order valence-electron chi connectivity index (χ4n) is 3.18. The number of aromatic nitrogens is 1. The standard InChI is InChI=1S/C22H17NO3/c1-2-26-22(25)20-14-17-9-5-6-10-19(17)23(20)21(24)18-12-11-15-7-3-4-8-16(15)13-18/h3-14H,2H2,1H3. The van der Waals surface area contributed by atoms with Crippen LogP contribution in [0.15, 0.2) is 72.8 Å². The van der Waals surface area contributed by atoms with Gasteiger partial charge in [0.15, 0.2) is 0 Å². The van der Waals surface area contributed by atoms with Gasteiger partial charge in [0.25, 0.3) is 5.91 Å². The first-order valence-corrected chi connectivity index (χ1v) is 8.50. The van der Waals surface area contributed by atoms with Gasteiger partial charge in [-0.2, -0.15) is 0 Å². The number of carbonyl (C=O) groups is 2. The van der Waals surface area contributed by atoms with Crippen molar-refractivity contribution in [2.24, 2.45) is 0 Å². The molecular weight excluding hydrogens is 326 g/mol. The third-order valence-electron chi connectivity index (χ3n) is 4.39. The summed E-state index contributed by atoms with van der Waals surface area (Å²) in [7, 11) is 0. The lowest BCUT2D eigenvalue weighted by atomic mass is 10.1. The molecule has 0 unspecified atom stereocenters. The first kappa shape index (κ1) is 16.1. The van der Waals surface area contributed by atoms with Gasteiger partial charge in [-0.15, -0.1) is 0 Å². The second kappa shape index (κ2) is 6.48. The molecule has 4 heteroatoms. The molecule has 0 aliphatic heterocycles. The SMILES string of the molecule is CCOC(=O)c1cc2ccccc2n1C(=O)c1ccc2ccccc2c1. The van der Waals surface area contributed by atoms with E-state index in [0.29, 0.717) is 11.1 Å². The summed E-state index contributed by atoms with van der Waals surface area (Å²) >= 11 is 0. The number of ether oxygens (including phenoxy) is 1. The van der Waals surface area contributed by atoms with Crippen LogP contribution >= 0.6 is 0 Å². The van der Waals surface area contributed by atoms with Crippen molar-refractivity contribution in [2.45, 2.75) is 6.92 Å². The highest BCUT2D eigenvalue weighted by Gasteiger charge is 2.22. The minimum Gasteiger partial charge on any atom is -0.461 e. The second-order valence-corrected chi connectivity index (χ2v) is 6.01. The maximum absolute atomic E-state index is 13.2. The summed E-state index contributed by atoms with van der Waals surface area (Å²) in [5.74, 6) is -0.752. The van der Waals surface area contributed by atoms with Crippen LogP contribution in [0.1, 0.15) is 27.8 Å². The maximum Gasteiger partial charge on any atom is 0.355 e. The van der Waals surface area contributed by atoms with Crippen molar-refractivity contribution >= 4 is 33.6 Å². The van der Waals surface area contributed by atoms with Gasteiger partial charge in [-0.25, -0.2) is 4.79 Å². The summed E-state index contributed by atoms with van der Waals surface area (Å²) in [6.07, 6.45) is 0. The zero-order valence-corrected chi connectivity index (χ0v) is 14.3. The molecule has 0 radical (unpaired) electrons. The molecule has 4 nitrogen and oxygen atoms in total. The monoisotopic (exact) mass is 343 g/mol. The average Bonchev–Trinajstić information content (AvgIpc) is 3.07. The number of benzene rings is 3. The van der Waals surface area contributed by atoms with Crippen LogP contribution in [0.5, 0.6) is 0 Å². The minimum atomic E-state index is -0.502. The molecule has 4 rings (SSSR count). The number of nitrogens with zero attached hydrogens (tertiary/aromatic N) is 1. The number of fused-ring (bicyclic) bond motifs is 2. The quantitative estimate of drug-likeness (QED) is 0.508. The molecule has 3 aromatic carbocycles. The van der Waals surface area contributed by atoms with E-state index in [-0.39, 0.29) is 18.2 Å². The van der Waals surface area contributed by atoms with Crippen molar-refractivity contribution < 1.29 is 14.3 Å². The normalized spacial score (nSPS) is 11.0. The molecule has 0 fully saturated rings. The Morgan fingerprint density at radius 1 is 0.846 bits per heavy atom. The lowest BCUT2D eigenvalue weighted by molar-refractivity contribution is 0.0510. The van der Waals surface area contributed by atoms with Gasteiger partial charge >= 0.3 is 5.97 Å². The van der Waals surface area contributed by atoms with Crippen LogP contribution in [0, 0.1) is 0 Å². The molecule has 0 aliphatic rings. The number of rotatable bonds is 3. The van der Waals surface area contributed by atoms with Gasteiger partial charge < -0.3 is 4.74 Å². The van der Waals surface area contributed by atoms with Crippen molar-refractivity contribution in [3.05, 3.63) is 84.1 Å². The Balaban J connectivity index is 1.89. The molecule has 0 saturated carbocycles. The highest BCUT2D eigenvalue weighted by molar-refractivity contribution is 6.09. The topological polar surface area (TPSA) is 48.3 Å². The van der Waals surface area contributed by atoms with Crippen LogP contribution in [0.4, 0.5) is 0 Å². The molecule has 0 spiro atoms. The third-order valence-corrected chi connectivity index (χ3v) is 4.39. The molecule has 0 aliphatic carbocycles. The van der Waals surface area contributed by atoms with Gasteiger partial charge in [-0.3, -0.25) is 9.36 Å². The number of para-hydroxylation sites is 1. The van der Waals surface area contributed by atoms with Gasteiger partial charge in [0.1, 0.15) is 5.69 Å². The summed E-state index contributed by atoms with van der Waals surface area (Å²) in [5, 5.41) is 2.87. The number of hydrogen-bond donors (Lipinski definition) is 0. The fraction of sp³-hybridized carbons (Fsp3) is 0.0909. The van der Waals surface area contributed by atoms with Gasteiger partial charge in [0, 0.05) is 10.9 Å². The zero-order valence-electron chi connectivity index (χ0n) is 14.3. The summed E-state index contributed by atoms with van der Waals surface area (Å²) in [6.45, 7) is 2.00. The first-order valence-electron chi connectivity index (χ1n) is 8.50. The number of esters is 1. The van der Waals surface area contributed by atoms with Gasteiger partial charge in [0.05, 0.1) is 12.1 Å². The van der Waals surface area contributed by atoms with E-state index in [2.05, 4.69) is 0 Å². The predicted molar refractivity (Wildman–Crippen MR) is 102 cm³/mol. The number of carbonyl (C=O) groups excluding carboxylic acids is 2. The molecule has 0 bridgehead atoms. The van der Waals surface area contributed by atoms with E-state index in [1.165, 1.54) is 4.57 Å². The van der Waals surface area contributed by atoms with Crippen molar-refractivity contribution in [1.29, 1.82) is 0 Å². The van der Waals surface area contributed by atoms with Crippen LogP contribution in [-0.4, -0.2) is 23.1 Å². The van der Waals surface area contributed by atoms with Crippen molar-refractivity contribution in [3.8, 4) is 0 Å². The minimum absolute atomic E-state index is 0.242. The smallest absolute Gasteiger partial charge is 0.355 e. The molecule has 1 heterocycles. The Bertz CT molecular complexity index is 1140. The van der Waals surface area contributed by atoms with E-state index in [1.807, 2.05) is 60.7 Å². The van der Waals surface area contributed by atoms with E-state index in [9.17, 15) is 9.59 Å². The van der Waals surface area contributed by atoms with E-state index in [4.69, 9.17) is 4.74 Å². The van der Waals surface area contributed by atoms with Crippen molar-refractivity contribution in [1.82, 2.24) is 4.57 Å². The van der Waals surface area contributed by atoms with Crippen molar-refractivity contribution in [2.75, 3.05) is 6.61 Å². The summed E-state index contributed by atoms with van der Waals surface area (Å²) in [6, 6.07) is 22.5. The van der Waals surface area contributed by atoms with Gasteiger partial charge in [-0.1, -0.05) is 48.5 Å². The molecular formula is C22H17NO3. The highest BCUT2D eigenvalue weighted by Crippen LogP contribution is 2.23. The summed E-state index contributed by atoms with van der Waals surface area (Å²) < 4.78 is 6.58. The highest BCUT2D eigenvalue weighted by atomic mass is 16.5. The molecule has 1 aromatic heterocycles. The fourth-order valence-corrected chi connectivity index (χ4v) is 3.18. The molecule has 0 N–H and O–H groups in total. The molecule has 128 valence electrons. The average molecular weight is 343 g/mol. The maximum atomic E-state index is 13.2. The Morgan fingerprint density at radius 2 is 1.54 bits per heavy atom. The molecule has 4 aromatic rings. The molecule has 0 atom stereocenters. The van der Waals surface area contributed by atoms with Crippen molar-refractivity contribution in [3.63, 3.8) is 0 Å².